The predicted octanol–water partition coefficient (Wildman–Crippen LogP) is 4.51. The number of hydrogen-bond donors (Lipinski definition) is 0. The molecule has 2 aromatic heterocycles. The molecule has 0 aliphatic carbocycles. The number of halogens is 1. The molecule has 1 aromatic carbocycles. The minimum absolute atomic E-state index is 0.403. The van der Waals surface area contributed by atoms with Gasteiger partial charge in [0, 0.05) is 15.8 Å². The number of aryl methyl sites for hydroxylation is 2. The van der Waals surface area contributed by atoms with Gasteiger partial charge in [-0.1, -0.05) is 0 Å². The Morgan fingerprint density at radius 1 is 1.29 bits per heavy atom. The Bertz CT molecular complexity index is 772. The number of rotatable bonds is 4. The maximum Gasteiger partial charge on any atom is 0.125 e. The number of alkyl halides is 1. The smallest absolute Gasteiger partial charge is 0.125 e. The van der Waals surface area contributed by atoms with Crippen LogP contribution in [0.3, 0.4) is 0 Å². The number of methoxy groups -OCH3 is 1. The maximum absolute atomic E-state index is 6.07. The molecule has 0 unspecified atom stereocenters. The summed E-state index contributed by atoms with van der Waals surface area (Å²) in [7, 11) is 1.68. The molecule has 0 bridgehead atoms. The Morgan fingerprint density at radius 2 is 2.10 bits per heavy atom. The molecule has 0 N–H and O–H groups in total. The summed E-state index contributed by atoms with van der Waals surface area (Å²) in [6.45, 7) is 5.10. The largest absolute Gasteiger partial charge is 0.497 e. The number of benzene rings is 1. The Kier molecular flexibility index (Phi) is 3.91. The van der Waals surface area contributed by atoms with Gasteiger partial charge < -0.3 is 9.30 Å². The number of imidazole rings is 1. The van der Waals surface area contributed by atoms with E-state index in [4.69, 9.17) is 16.3 Å². The van der Waals surface area contributed by atoms with E-state index in [1.165, 1.54) is 15.3 Å². The molecule has 0 atom stereocenters. The Morgan fingerprint density at radius 3 is 2.71 bits per heavy atom. The molecule has 0 radical (unpaired) electrons. The second kappa shape index (κ2) is 5.70. The van der Waals surface area contributed by atoms with Crippen LogP contribution in [-0.4, -0.2) is 16.7 Å². The lowest BCUT2D eigenvalue weighted by Gasteiger charge is -2.07. The summed E-state index contributed by atoms with van der Waals surface area (Å²) in [5.41, 5.74) is 3.36. The highest BCUT2D eigenvalue weighted by Gasteiger charge is 2.12. The van der Waals surface area contributed by atoms with E-state index >= 15 is 0 Å². The lowest BCUT2D eigenvalue weighted by Crippen LogP contribution is -2.02. The average Bonchev–Trinajstić information content (AvgIpc) is 2.99. The van der Waals surface area contributed by atoms with Gasteiger partial charge in [-0.15, -0.1) is 22.9 Å². The molecular formula is C16H17ClN2OS. The van der Waals surface area contributed by atoms with Crippen molar-refractivity contribution in [1.29, 1.82) is 0 Å². The van der Waals surface area contributed by atoms with Gasteiger partial charge in [0.1, 0.15) is 11.6 Å². The van der Waals surface area contributed by atoms with E-state index in [9.17, 15) is 0 Å². The first-order valence-corrected chi connectivity index (χ1v) is 8.12. The van der Waals surface area contributed by atoms with Crippen molar-refractivity contribution in [2.45, 2.75) is 26.3 Å². The van der Waals surface area contributed by atoms with E-state index in [0.717, 1.165) is 29.2 Å². The second-order valence-electron chi connectivity index (χ2n) is 5.05. The summed E-state index contributed by atoms with van der Waals surface area (Å²) in [4.78, 5) is 7.29. The fraction of sp³-hybridized carbons (Fsp3) is 0.312. The van der Waals surface area contributed by atoms with Crippen molar-refractivity contribution in [1.82, 2.24) is 9.55 Å². The van der Waals surface area contributed by atoms with Gasteiger partial charge in [-0.2, -0.15) is 0 Å². The minimum Gasteiger partial charge on any atom is -0.497 e. The van der Waals surface area contributed by atoms with E-state index in [2.05, 4.69) is 29.5 Å². The molecule has 5 heteroatoms. The van der Waals surface area contributed by atoms with Gasteiger partial charge in [0.15, 0.2) is 0 Å². The summed E-state index contributed by atoms with van der Waals surface area (Å²) in [5.74, 6) is 2.13. The zero-order valence-corrected chi connectivity index (χ0v) is 13.9. The molecule has 0 aliphatic heterocycles. The van der Waals surface area contributed by atoms with Crippen LogP contribution in [0.2, 0.25) is 0 Å². The Labute approximate surface area is 133 Å². The first-order chi connectivity index (χ1) is 10.1. The van der Waals surface area contributed by atoms with Crippen LogP contribution in [-0.2, 0) is 12.4 Å². The maximum atomic E-state index is 6.07. The Hall–Kier alpha value is -1.52. The van der Waals surface area contributed by atoms with Crippen LogP contribution in [0.15, 0.2) is 24.3 Å². The predicted molar refractivity (Wildman–Crippen MR) is 88.7 cm³/mol. The van der Waals surface area contributed by atoms with Crippen molar-refractivity contribution in [3.8, 4) is 5.75 Å². The molecule has 0 fully saturated rings. The highest BCUT2D eigenvalue weighted by atomic mass is 35.5. The molecule has 0 spiro atoms. The molecule has 0 saturated heterocycles. The van der Waals surface area contributed by atoms with Gasteiger partial charge in [0.25, 0.3) is 0 Å². The van der Waals surface area contributed by atoms with Crippen molar-refractivity contribution in [3.63, 3.8) is 0 Å². The zero-order chi connectivity index (χ0) is 15.0. The Balaban J connectivity index is 2.10. The van der Waals surface area contributed by atoms with Crippen molar-refractivity contribution in [3.05, 3.63) is 45.4 Å². The van der Waals surface area contributed by atoms with E-state index < -0.39 is 0 Å². The summed E-state index contributed by atoms with van der Waals surface area (Å²) < 4.78 is 7.50. The number of ether oxygens (including phenoxy) is 1. The van der Waals surface area contributed by atoms with Gasteiger partial charge in [-0.25, -0.2) is 4.98 Å². The molecule has 0 aliphatic rings. The number of thiophene rings is 1. The van der Waals surface area contributed by atoms with Crippen molar-refractivity contribution in [2.75, 3.05) is 7.11 Å². The first-order valence-electron chi connectivity index (χ1n) is 6.77. The number of nitrogens with zero attached hydrogens (tertiary/aromatic N) is 2. The topological polar surface area (TPSA) is 27.1 Å². The van der Waals surface area contributed by atoms with E-state index in [1.807, 2.05) is 29.5 Å². The van der Waals surface area contributed by atoms with Crippen LogP contribution >= 0.6 is 22.9 Å². The molecule has 110 valence electrons. The lowest BCUT2D eigenvalue weighted by atomic mass is 10.2. The lowest BCUT2D eigenvalue weighted by molar-refractivity contribution is 0.415. The molecule has 0 saturated carbocycles. The molecule has 2 heterocycles. The number of hydrogen-bond acceptors (Lipinski definition) is 3. The van der Waals surface area contributed by atoms with E-state index in [-0.39, 0.29) is 0 Å². The quantitative estimate of drug-likeness (QED) is 0.661. The summed E-state index contributed by atoms with van der Waals surface area (Å²) in [6.07, 6.45) is 0. The van der Waals surface area contributed by atoms with Gasteiger partial charge in [0.2, 0.25) is 0 Å². The highest BCUT2D eigenvalue weighted by Crippen LogP contribution is 2.27. The molecular weight excluding hydrogens is 304 g/mol. The summed E-state index contributed by atoms with van der Waals surface area (Å²) in [5, 5.41) is 0. The molecule has 21 heavy (non-hydrogen) atoms. The van der Waals surface area contributed by atoms with Crippen LogP contribution < -0.4 is 4.74 Å². The third-order valence-electron chi connectivity index (χ3n) is 3.68. The fourth-order valence-electron chi connectivity index (χ4n) is 2.44. The molecule has 3 rings (SSSR count). The third-order valence-corrected chi connectivity index (χ3v) is 5.06. The summed E-state index contributed by atoms with van der Waals surface area (Å²) >= 11 is 7.90. The van der Waals surface area contributed by atoms with Crippen molar-refractivity contribution >= 4 is 34.0 Å². The monoisotopic (exact) mass is 320 g/mol. The zero-order valence-electron chi connectivity index (χ0n) is 12.3. The van der Waals surface area contributed by atoms with Gasteiger partial charge in [0.05, 0.1) is 30.6 Å². The van der Waals surface area contributed by atoms with Crippen molar-refractivity contribution < 1.29 is 4.74 Å². The van der Waals surface area contributed by atoms with Crippen LogP contribution in [0.25, 0.3) is 11.0 Å². The van der Waals surface area contributed by atoms with E-state index in [0.29, 0.717) is 5.88 Å². The van der Waals surface area contributed by atoms with Crippen LogP contribution in [0, 0.1) is 13.8 Å². The number of aromatic nitrogens is 2. The summed E-state index contributed by atoms with van der Waals surface area (Å²) in [6, 6.07) is 8.17. The normalized spacial score (nSPS) is 11.2. The van der Waals surface area contributed by atoms with Crippen LogP contribution in [0.5, 0.6) is 5.75 Å². The molecule has 3 aromatic rings. The second-order valence-corrected chi connectivity index (χ2v) is 6.66. The van der Waals surface area contributed by atoms with Crippen LogP contribution in [0.1, 0.15) is 21.1 Å². The number of fused-ring (bicyclic) bond motifs is 1. The van der Waals surface area contributed by atoms with Gasteiger partial charge >= 0.3 is 0 Å². The van der Waals surface area contributed by atoms with Crippen molar-refractivity contribution in [2.24, 2.45) is 0 Å². The van der Waals surface area contributed by atoms with Crippen LogP contribution in [0.4, 0.5) is 0 Å². The fourth-order valence-corrected chi connectivity index (χ4v) is 3.69. The molecule has 0 amide bonds. The molecule has 3 nitrogen and oxygen atoms in total. The average molecular weight is 321 g/mol. The minimum atomic E-state index is 0.403. The van der Waals surface area contributed by atoms with E-state index in [1.54, 1.807) is 7.11 Å². The van der Waals surface area contributed by atoms with Gasteiger partial charge in [-0.05, 0) is 37.6 Å². The standard InChI is InChI=1S/C16H17ClN2OS/c1-10-6-13(21-11(10)2)9-19-15-7-12(20-3)4-5-14(15)18-16(19)8-17/h4-7H,8-9H2,1-3H3. The highest BCUT2D eigenvalue weighted by molar-refractivity contribution is 7.12. The van der Waals surface area contributed by atoms with Gasteiger partial charge in [-0.3, -0.25) is 0 Å². The first kappa shape index (κ1) is 14.4. The SMILES string of the molecule is COc1ccc2nc(CCl)n(Cc3cc(C)c(C)s3)c2c1. The third kappa shape index (κ3) is 2.65.